The Morgan fingerprint density at radius 1 is 1.43 bits per heavy atom. The molecule has 0 aliphatic carbocycles. The van der Waals surface area contributed by atoms with Gasteiger partial charge in [0.2, 0.25) is 0 Å². The lowest BCUT2D eigenvalue weighted by Gasteiger charge is -2.21. The molecule has 0 aliphatic heterocycles. The maximum atomic E-state index is 5.39. The van der Waals surface area contributed by atoms with E-state index in [1.807, 2.05) is 13.8 Å². The van der Waals surface area contributed by atoms with E-state index >= 15 is 0 Å². The normalized spacial score (nSPS) is 13.5. The van der Waals surface area contributed by atoms with E-state index in [0.29, 0.717) is 12.5 Å². The van der Waals surface area contributed by atoms with Crippen molar-refractivity contribution in [2.45, 2.75) is 39.2 Å². The van der Waals surface area contributed by atoms with Gasteiger partial charge < -0.3 is 15.4 Å². The summed E-state index contributed by atoms with van der Waals surface area (Å²) in [6, 6.07) is 2.18. The Kier molecular flexibility index (Phi) is 10.2. The van der Waals surface area contributed by atoms with Crippen LogP contribution in [0.15, 0.2) is 21.8 Å². The van der Waals surface area contributed by atoms with Gasteiger partial charge in [0.15, 0.2) is 5.96 Å². The molecule has 0 fully saturated rings. The van der Waals surface area contributed by atoms with Crippen LogP contribution in [0.1, 0.15) is 39.2 Å². The third-order valence-corrected chi connectivity index (χ3v) is 3.90. The highest BCUT2D eigenvalue weighted by atomic mass is 127. The summed E-state index contributed by atoms with van der Waals surface area (Å²) < 4.78 is 5.39. The van der Waals surface area contributed by atoms with Crippen LogP contribution in [0, 0.1) is 0 Å². The van der Waals surface area contributed by atoms with Gasteiger partial charge in [-0.3, -0.25) is 4.99 Å². The summed E-state index contributed by atoms with van der Waals surface area (Å²) in [7, 11) is 1.72. The molecule has 0 spiro atoms. The zero-order valence-electron chi connectivity index (χ0n) is 13.6. The number of hydrogen-bond donors (Lipinski definition) is 2. The van der Waals surface area contributed by atoms with Gasteiger partial charge in [0.05, 0.1) is 12.1 Å². The summed E-state index contributed by atoms with van der Waals surface area (Å²) >= 11 is 1.74. The summed E-state index contributed by atoms with van der Waals surface area (Å²) in [5.74, 6) is 1.32. The summed E-state index contributed by atoms with van der Waals surface area (Å²) in [5.41, 5.74) is 1.14. The lowest BCUT2D eigenvalue weighted by molar-refractivity contribution is 0.0310. The summed E-state index contributed by atoms with van der Waals surface area (Å²) in [5, 5.41) is 11.0. The van der Waals surface area contributed by atoms with Gasteiger partial charge in [-0.25, -0.2) is 0 Å². The predicted octanol–water partition coefficient (Wildman–Crippen LogP) is 3.45. The molecule has 122 valence electrons. The van der Waals surface area contributed by atoms with Crippen molar-refractivity contribution in [1.82, 2.24) is 10.6 Å². The average Bonchev–Trinajstić information content (AvgIpc) is 2.96. The van der Waals surface area contributed by atoms with Crippen LogP contribution in [0.3, 0.4) is 0 Å². The molecule has 0 aliphatic rings. The Hall–Kier alpha value is -0.340. The lowest BCUT2D eigenvalue weighted by atomic mass is 10.1. The van der Waals surface area contributed by atoms with Crippen molar-refractivity contribution < 1.29 is 4.74 Å². The number of aliphatic imine (C=N–C) groups is 1. The second-order valence-electron chi connectivity index (χ2n) is 5.50. The molecule has 1 unspecified atom stereocenters. The quantitative estimate of drug-likeness (QED) is 0.400. The molecule has 0 aromatic carbocycles. The topological polar surface area (TPSA) is 45.7 Å². The predicted molar refractivity (Wildman–Crippen MR) is 103 cm³/mol. The number of methoxy groups -OCH3 is 1. The molecule has 1 aromatic rings. The van der Waals surface area contributed by atoms with Gasteiger partial charge in [-0.15, -0.1) is 24.0 Å². The van der Waals surface area contributed by atoms with Crippen molar-refractivity contribution in [1.29, 1.82) is 0 Å². The van der Waals surface area contributed by atoms with E-state index in [0.717, 1.165) is 19.0 Å². The van der Waals surface area contributed by atoms with Gasteiger partial charge in [0.1, 0.15) is 0 Å². The van der Waals surface area contributed by atoms with Crippen molar-refractivity contribution in [2.75, 3.05) is 26.7 Å². The molecule has 0 saturated heterocycles. The molecule has 4 nitrogen and oxygen atoms in total. The van der Waals surface area contributed by atoms with E-state index in [-0.39, 0.29) is 29.6 Å². The van der Waals surface area contributed by atoms with E-state index in [4.69, 9.17) is 4.74 Å². The Morgan fingerprint density at radius 2 is 2.14 bits per heavy atom. The number of thiophene rings is 1. The van der Waals surface area contributed by atoms with Crippen molar-refractivity contribution in [3.8, 4) is 0 Å². The van der Waals surface area contributed by atoms with E-state index in [1.165, 1.54) is 5.56 Å². The van der Waals surface area contributed by atoms with Crippen LogP contribution in [-0.2, 0) is 4.74 Å². The van der Waals surface area contributed by atoms with Crippen LogP contribution in [0.25, 0.3) is 0 Å². The van der Waals surface area contributed by atoms with E-state index in [9.17, 15) is 0 Å². The fraction of sp³-hybridized carbons (Fsp3) is 0.667. The largest absolute Gasteiger partial charge is 0.377 e. The maximum absolute atomic E-state index is 5.39. The first-order valence-electron chi connectivity index (χ1n) is 7.08. The lowest BCUT2D eigenvalue weighted by Crippen LogP contribution is -2.40. The van der Waals surface area contributed by atoms with Gasteiger partial charge in [-0.1, -0.05) is 6.92 Å². The molecule has 1 heterocycles. The molecule has 0 radical (unpaired) electrons. The highest BCUT2D eigenvalue weighted by Gasteiger charge is 2.16. The number of nitrogens with zero attached hydrogens (tertiary/aromatic N) is 1. The molecule has 21 heavy (non-hydrogen) atoms. The first-order valence-corrected chi connectivity index (χ1v) is 8.02. The maximum Gasteiger partial charge on any atom is 0.191 e. The second kappa shape index (κ2) is 10.4. The number of nitrogens with one attached hydrogen (secondary N) is 2. The highest BCUT2D eigenvalue weighted by Crippen LogP contribution is 2.17. The van der Waals surface area contributed by atoms with Gasteiger partial charge in [-0.2, -0.15) is 11.3 Å². The third kappa shape index (κ3) is 8.01. The minimum atomic E-state index is -0.235. The van der Waals surface area contributed by atoms with Crippen LogP contribution in [0.5, 0.6) is 0 Å². The van der Waals surface area contributed by atoms with Gasteiger partial charge in [0, 0.05) is 20.2 Å². The van der Waals surface area contributed by atoms with Crippen LogP contribution in [-0.4, -0.2) is 38.3 Å². The van der Waals surface area contributed by atoms with Crippen LogP contribution >= 0.6 is 35.3 Å². The summed E-state index contributed by atoms with van der Waals surface area (Å²) in [4.78, 5) is 4.58. The molecule has 0 bridgehead atoms. The second-order valence-corrected chi connectivity index (χ2v) is 6.28. The molecule has 0 amide bonds. The molecule has 0 saturated carbocycles. The standard InChI is InChI=1S/C15H27N3OS.HI/c1-6-16-14(18-11-15(3,4)19-5)17-9-12(2)13-7-8-20-10-13;/h7-8,10,12H,6,9,11H2,1-5H3,(H2,16,17,18);1H. The van der Waals surface area contributed by atoms with Crippen molar-refractivity contribution in [3.05, 3.63) is 22.4 Å². The highest BCUT2D eigenvalue weighted by molar-refractivity contribution is 14.0. The molecular formula is C15H28IN3OS. The molecular weight excluding hydrogens is 397 g/mol. The third-order valence-electron chi connectivity index (χ3n) is 3.20. The Balaban J connectivity index is 0.00000400. The van der Waals surface area contributed by atoms with Crippen molar-refractivity contribution >= 4 is 41.3 Å². The zero-order chi connectivity index (χ0) is 15.0. The van der Waals surface area contributed by atoms with Crippen LogP contribution in [0.2, 0.25) is 0 Å². The Bertz CT molecular complexity index is 407. The monoisotopic (exact) mass is 425 g/mol. The first kappa shape index (κ1) is 20.7. The first-order chi connectivity index (χ1) is 9.48. The van der Waals surface area contributed by atoms with E-state index in [2.05, 4.69) is 46.3 Å². The summed E-state index contributed by atoms with van der Waals surface area (Å²) in [6.07, 6.45) is 0. The minimum Gasteiger partial charge on any atom is -0.377 e. The molecule has 1 aromatic heterocycles. The number of guanidine groups is 1. The molecule has 1 rings (SSSR count). The smallest absolute Gasteiger partial charge is 0.191 e. The Labute approximate surface area is 149 Å². The number of hydrogen-bond acceptors (Lipinski definition) is 3. The fourth-order valence-corrected chi connectivity index (χ4v) is 2.38. The van der Waals surface area contributed by atoms with Crippen molar-refractivity contribution in [2.24, 2.45) is 4.99 Å². The minimum absolute atomic E-state index is 0. The van der Waals surface area contributed by atoms with Gasteiger partial charge in [-0.05, 0) is 49.1 Å². The van der Waals surface area contributed by atoms with Crippen LogP contribution in [0.4, 0.5) is 0 Å². The number of halogens is 1. The van der Waals surface area contributed by atoms with E-state index < -0.39 is 0 Å². The van der Waals surface area contributed by atoms with Crippen molar-refractivity contribution in [3.63, 3.8) is 0 Å². The van der Waals surface area contributed by atoms with E-state index in [1.54, 1.807) is 18.4 Å². The number of ether oxygens (including phenoxy) is 1. The fourth-order valence-electron chi connectivity index (χ4n) is 1.60. The summed E-state index contributed by atoms with van der Waals surface area (Å²) in [6.45, 7) is 10.7. The zero-order valence-corrected chi connectivity index (χ0v) is 16.7. The van der Waals surface area contributed by atoms with Gasteiger partial charge >= 0.3 is 0 Å². The number of rotatable bonds is 7. The Morgan fingerprint density at radius 3 is 2.67 bits per heavy atom. The van der Waals surface area contributed by atoms with Gasteiger partial charge in [0.25, 0.3) is 0 Å². The molecule has 2 N–H and O–H groups in total. The van der Waals surface area contributed by atoms with Crippen LogP contribution < -0.4 is 10.6 Å². The molecule has 1 atom stereocenters. The SMILES string of the molecule is CCNC(=NCC(C)(C)OC)NCC(C)c1ccsc1.I. The average molecular weight is 425 g/mol. The molecule has 6 heteroatoms.